The number of nitrogens with one attached hydrogen (secondary N) is 2. The largest absolute Gasteiger partial charge is 0.379 e. The van der Waals surface area contributed by atoms with Gasteiger partial charge in [0, 0.05) is 29.6 Å². The summed E-state index contributed by atoms with van der Waals surface area (Å²) < 4.78 is 0. The minimum Gasteiger partial charge on any atom is -0.379 e. The Morgan fingerprint density at radius 1 is 1.26 bits per heavy atom. The van der Waals surface area contributed by atoms with Gasteiger partial charge < -0.3 is 10.6 Å². The molecule has 7 heteroatoms. The third-order valence-corrected chi connectivity index (χ3v) is 4.46. The molecule has 0 saturated heterocycles. The van der Waals surface area contributed by atoms with E-state index in [9.17, 15) is 10.1 Å². The molecule has 0 radical (unpaired) electrons. The number of amides is 1. The van der Waals surface area contributed by atoms with Gasteiger partial charge in [-0.15, -0.1) is 11.3 Å². The van der Waals surface area contributed by atoms with Gasteiger partial charge in [-0.3, -0.25) is 4.79 Å². The van der Waals surface area contributed by atoms with E-state index in [0.717, 1.165) is 15.4 Å². The van der Waals surface area contributed by atoms with Gasteiger partial charge in [-0.05, 0) is 19.1 Å². The Bertz CT molecular complexity index is 802. The number of carbonyl (C=O) groups is 1. The third kappa shape index (κ3) is 3.52. The van der Waals surface area contributed by atoms with Crippen LogP contribution in [0.4, 0.5) is 0 Å². The molecule has 1 aromatic heterocycles. The average molecular weight is 347 g/mol. The molecule has 0 aliphatic heterocycles. The molecule has 23 heavy (non-hydrogen) atoms. The zero-order chi connectivity index (χ0) is 17.0. The Balaban J connectivity index is 2.59. The second-order valence-electron chi connectivity index (χ2n) is 4.62. The van der Waals surface area contributed by atoms with Crippen LogP contribution in [0, 0.1) is 18.3 Å². The minimum absolute atomic E-state index is 0.181. The van der Waals surface area contributed by atoms with Crippen LogP contribution < -0.4 is 10.6 Å². The van der Waals surface area contributed by atoms with Gasteiger partial charge in [0.05, 0.1) is 5.69 Å². The lowest BCUT2D eigenvalue weighted by molar-refractivity contribution is -0.115. The van der Waals surface area contributed by atoms with E-state index < -0.39 is 0 Å². The maximum absolute atomic E-state index is 12.2. The first-order chi connectivity index (χ1) is 11.0. The Morgan fingerprint density at radius 2 is 1.91 bits per heavy atom. The molecular formula is C16H15ClN4OS. The van der Waals surface area contributed by atoms with Gasteiger partial charge in [-0.1, -0.05) is 23.7 Å². The maximum atomic E-state index is 12.2. The van der Waals surface area contributed by atoms with Crippen molar-refractivity contribution in [1.82, 2.24) is 15.6 Å². The smallest absolute Gasteiger partial charge is 0.256 e. The van der Waals surface area contributed by atoms with Crippen LogP contribution in [-0.4, -0.2) is 25.0 Å². The van der Waals surface area contributed by atoms with Gasteiger partial charge in [0.25, 0.3) is 5.91 Å². The highest BCUT2D eigenvalue weighted by Crippen LogP contribution is 2.32. The second-order valence-corrected chi connectivity index (χ2v) is 6.26. The number of nitrogens with zero attached hydrogens (tertiary/aromatic N) is 2. The maximum Gasteiger partial charge on any atom is 0.256 e. The summed E-state index contributed by atoms with van der Waals surface area (Å²) in [4.78, 5) is 17.6. The quantitative estimate of drug-likeness (QED) is 0.659. The molecule has 0 saturated carbocycles. The first-order valence-electron chi connectivity index (χ1n) is 6.79. The Labute approximate surface area is 143 Å². The molecule has 0 fully saturated rings. The van der Waals surface area contributed by atoms with Crippen molar-refractivity contribution in [3.05, 3.63) is 45.6 Å². The number of aromatic nitrogens is 1. The van der Waals surface area contributed by atoms with Crippen LogP contribution in [0.5, 0.6) is 0 Å². The van der Waals surface area contributed by atoms with Crippen molar-refractivity contribution >= 4 is 34.4 Å². The van der Waals surface area contributed by atoms with E-state index in [0.29, 0.717) is 10.7 Å². The summed E-state index contributed by atoms with van der Waals surface area (Å²) in [6.07, 6.45) is 0. The number of hydrogen-bond donors (Lipinski definition) is 2. The van der Waals surface area contributed by atoms with Crippen LogP contribution in [-0.2, 0) is 4.79 Å². The summed E-state index contributed by atoms with van der Waals surface area (Å²) in [5.74, 6) is -0.355. The number of halogens is 1. The van der Waals surface area contributed by atoms with Gasteiger partial charge in [-0.2, -0.15) is 5.26 Å². The van der Waals surface area contributed by atoms with Crippen LogP contribution in [0.25, 0.3) is 16.1 Å². The molecule has 1 aromatic carbocycles. The summed E-state index contributed by atoms with van der Waals surface area (Å²) in [5.41, 5.74) is 1.84. The highest BCUT2D eigenvalue weighted by atomic mass is 35.5. The molecule has 1 heterocycles. The van der Waals surface area contributed by atoms with Crippen molar-refractivity contribution in [3.63, 3.8) is 0 Å². The fourth-order valence-electron chi connectivity index (χ4n) is 2.05. The highest BCUT2D eigenvalue weighted by molar-refractivity contribution is 7.15. The van der Waals surface area contributed by atoms with Crippen molar-refractivity contribution in [3.8, 4) is 16.6 Å². The monoisotopic (exact) mass is 346 g/mol. The van der Waals surface area contributed by atoms with Gasteiger partial charge in [0.1, 0.15) is 22.3 Å². The van der Waals surface area contributed by atoms with E-state index in [4.69, 9.17) is 11.6 Å². The first-order valence-corrected chi connectivity index (χ1v) is 7.99. The molecule has 118 valence electrons. The van der Waals surface area contributed by atoms with Crippen molar-refractivity contribution in [2.24, 2.45) is 0 Å². The molecule has 2 rings (SSSR count). The standard InChI is InChI=1S/C16H15ClN4OS/c1-9-14(13(15(22)20-3)12(8-18)19-2)21-16(23-9)10-4-6-11(17)7-5-10/h4-7,19H,1-3H3,(H,20,22)/b13-12-. The number of hydrogen-bond acceptors (Lipinski definition) is 5. The van der Waals surface area contributed by atoms with E-state index >= 15 is 0 Å². The predicted molar refractivity (Wildman–Crippen MR) is 93.0 cm³/mol. The summed E-state index contributed by atoms with van der Waals surface area (Å²) >= 11 is 7.37. The number of nitriles is 1. The number of likely N-dealkylation sites (N-methyl/N-ethyl adjacent to an activating group) is 1. The van der Waals surface area contributed by atoms with E-state index in [1.54, 1.807) is 19.2 Å². The number of thiazole rings is 1. The first kappa shape index (κ1) is 17.0. The molecule has 0 aliphatic carbocycles. The lowest BCUT2D eigenvalue weighted by Crippen LogP contribution is -2.23. The second kappa shape index (κ2) is 7.27. The molecule has 5 nitrogen and oxygen atoms in total. The van der Waals surface area contributed by atoms with Gasteiger partial charge in [-0.25, -0.2) is 4.98 Å². The predicted octanol–water partition coefficient (Wildman–Crippen LogP) is 2.97. The van der Waals surface area contributed by atoms with Crippen LogP contribution >= 0.6 is 22.9 Å². The van der Waals surface area contributed by atoms with E-state index in [1.165, 1.54) is 18.4 Å². The lowest BCUT2D eigenvalue weighted by Gasteiger charge is -2.07. The van der Waals surface area contributed by atoms with Gasteiger partial charge in [0.15, 0.2) is 0 Å². The summed E-state index contributed by atoms with van der Waals surface area (Å²) in [7, 11) is 3.12. The van der Waals surface area contributed by atoms with Gasteiger partial charge in [0.2, 0.25) is 0 Å². The number of allylic oxidation sites excluding steroid dienone is 1. The van der Waals surface area contributed by atoms with E-state index in [-0.39, 0.29) is 17.2 Å². The van der Waals surface area contributed by atoms with E-state index in [1.807, 2.05) is 25.1 Å². The molecular weight excluding hydrogens is 332 g/mol. The molecule has 0 atom stereocenters. The third-order valence-electron chi connectivity index (χ3n) is 3.19. The van der Waals surface area contributed by atoms with Crippen LogP contribution in [0.3, 0.4) is 0 Å². The Hall–Kier alpha value is -2.36. The summed E-state index contributed by atoms with van der Waals surface area (Å²) in [5, 5.41) is 16.0. The van der Waals surface area contributed by atoms with Crippen molar-refractivity contribution in [1.29, 1.82) is 5.26 Å². The Kier molecular flexibility index (Phi) is 5.37. The molecule has 1 amide bonds. The number of rotatable bonds is 4. The van der Waals surface area contributed by atoms with Crippen LogP contribution in [0.1, 0.15) is 10.6 Å². The number of benzene rings is 1. The fraction of sp³-hybridized carbons (Fsp3) is 0.188. The normalized spacial score (nSPS) is 11.4. The molecule has 0 spiro atoms. The molecule has 2 aromatic rings. The average Bonchev–Trinajstić information content (AvgIpc) is 2.93. The van der Waals surface area contributed by atoms with Gasteiger partial charge >= 0.3 is 0 Å². The molecule has 2 N–H and O–H groups in total. The van der Waals surface area contributed by atoms with Crippen LogP contribution in [0.2, 0.25) is 5.02 Å². The van der Waals surface area contributed by atoms with Crippen LogP contribution in [0.15, 0.2) is 30.0 Å². The molecule has 0 bridgehead atoms. The zero-order valence-electron chi connectivity index (χ0n) is 12.9. The van der Waals surface area contributed by atoms with Crippen molar-refractivity contribution in [2.45, 2.75) is 6.92 Å². The fourth-order valence-corrected chi connectivity index (χ4v) is 3.10. The highest BCUT2D eigenvalue weighted by Gasteiger charge is 2.22. The minimum atomic E-state index is -0.355. The van der Waals surface area contributed by atoms with Crippen molar-refractivity contribution < 1.29 is 4.79 Å². The molecule has 0 unspecified atom stereocenters. The number of carbonyl (C=O) groups excluding carboxylic acids is 1. The summed E-state index contributed by atoms with van der Waals surface area (Å²) in [6, 6.07) is 9.33. The van der Waals surface area contributed by atoms with E-state index in [2.05, 4.69) is 15.6 Å². The SMILES string of the molecule is CNC(=O)/C(=C(/C#N)NC)c1nc(-c2ccc(Cl)cc2)sc1C. The Morgan fingerprint density at radius 3 is 2.43 bits per heavy atom. The van der Waals surface area contributed by atoms with Crippen molar-refractivity contribution in [2.75, 3.05) is 14.1 Å². The number of aryl methyl sites for hydroxylation is 1. The topological polar surface area (TPSA) is 77.8 Å². The zero-order valence-corrected chi connectivity index (χ0v) is 14.5. The lowest BCUT2D eigenvalue weighted by atomic mass is 10.1. The summed E-state index contributed by atoms with van der Waals surface area (Å²) in [6.45, 7) is 1.88. The molecule has 0 aliphatic rings.